The lowest BCUT2D eigenvalue weighted by molar-refractivity contribution is 0.629. The van der Waals surface area contributed by atoms with Gasteiger partial charge in [-0.05, 0) is 93.5 Å². The highest BCUT2D eigenvalue weighted by atomic mass is 16.3. The Morgan fingerprint density at radius 2 is 0.882 bits per heavy atom. The molecule has 51 heavy (non-hydrogen) atoms. The minimum Gasteiger partial charge on any atom is -0.456 e. The van der Waals surface area contributed by atoms with Crippen LogP contribution in [0.15, 0.2) is 199 Å². The van der Waals surface area contributed by atoms with Crippen LogP contribution in [0.5, 0.6) is 0 Å². The van der Waals surface area contributed by atoms with E-state index < -0.39 is 0 Å². The summed E-state index contributed by atoms with van der Waals surface area (Å²) in [7, 11) is 0. The number of hydrogen-bond donors (Lipinski definition) is 0. The van der Waals surface area contributed by atoms with Crippen molar-refractivity contribution in [2.24, 2.45) is 0 Å². The summed E-state index contributed by atoms with van der Waals surface area (Å²) in [6, 6.07) is 69.2. The van der Waals surface area contributed by atoms with Gasteiger partial charge in [-0.15, -0.1) is 0 Å². The summed E-state index contributed by atoms with van der Waals surface area (Å²) in [5.41, 5.74) is 13.6. The fraction of sp³-hybridized carbons (Fsp3) is 0.0204. The van der Waals surface area contributed by atoms with E-state index >= 15 is 0 Å². The van der Waals surface area contributed by atoms with Crippen LogP contribution in [0.4, 0.5) is 17.1 Å². The molecule has 0 aliphatic heterocycles. The van der Waals surface area contributed by atoms with Gasteiger partial charge in [0.25, 0.3) is 0 Å². The van der Waals surface area contributed by atoms with Gasteiger partial charge in [-0.1, -0.05) is 152 Å². The summed E-state index contributed by atoms with van der Waals surface area (Å²) in [5, 5.41) is 3.64. The summed E-state index contributed by atoms with van der Waals surface area (Å²) in [6.07, 6.45) is 0. The summed E-state index contributed by atoms with van der Waals surface area (Å²) in [4.78, 5) is 2.33. The van der Waals surface area contributed by atoms with Gasteiger partial charge in [0.1, 0.15) is 11.3 Å². The van der Waals surface area contributed by atoms with Crippen molar-refractivity contribution in [3.8, 4) is 44.7 Å². The van der Waals surface area contributed by atoms with E-state index in [0.717, 1.165) is 44.9 Å². The Morgan fingerprint density at radius 3 is 1.59 bits per heavy atom. The van der Waals surface area contributed by atoms with Gasteiger partial charge in [0.15, 0.2) is 0 Å². The Hall–Kier alpha value is -6.64. The lowest BCUT2D eigenvalue weighted by Gasteiger charge is -2.26. The van der Waals surface area contributed by atoms with Crippen molar-refractivity contribution in [2.45, 2.75) is 6.92 Å². The molecule has 1 aromatic heterocycles. The Labute approximate surface area is 298 Å². The fourth-order valence-corrected chi connectivity index (χ4v) is 7.34. The van der Waals surface area contributed by atoms with E-state index in [0.29, 0.717) is 0 Å². The number of para-hydroxylation sites is 1. The SMILES string of the molecule is Cc1c(-c2cccc(N(c3ccc(-c4ccccc4-c4ccccc4)cc3)c3ccc(-c4cccc5ccccc45)cc3)c2)oc2ccccc12. The number of hydrogen-bond acceptors (Lipinski definition) is 2. The van der Waals surface area contributed by atoms with Crippen LogP contribution in [0.1, 0.15) is 5.56 Å². The third-order valence-corrected chi connectivity index (χ3v) is 9.88. The van der Waals surface area contributed by atoms with Crippen LogP contribution in [0.25, 0.3) is 66.4 Å². The molecule has 0 amide bonds. The van der Waals surface area contributed by atoms with Gasteiger partial charge in [0.05, 0.1) is 0 Å². The summed E-state index contributed by atoms with van der Waals surface area (Å²) in [6.45, 7) is 2.14. The number of rotatable bonds is 7. The lowest BCUT2D eigenvalue weighted by Crippen LogP contribution is -2.10. The highest BCUT2D eigenvalue weighted by Gasteiger charge is 2.18. The van der Waals surface area contributed by atoms with Crippen molar-refractivity contribution < 1.29 is 4.42 Å². The maximum absolute atomic E-state index is 6.42. The summed E-state index contributed by atoms with van der Waals surface area (Å²) >= 11 is 0. The maximum Gasteiger partial charge on any atom is 0.138 e. The molecule has 0 saturated heterocycles. The molecular formula is C49H35NO. The number of anilines is 3. The molecule has 0 saturated carbocycles. The Bertz CT molecular complexity index is 2630. The smallest absolute Gasteiger partial charge is 0.138 e. The lowest BCUT2D eigenvalue weighted by atomic mass is 9.94. The van der Waals surface area contributed by atoms with Gasteiger partial charge in [0.2, 0.25) is 0 Å². The first-order chi connectivity index (χ1) is 25.2. The van der Waals surface area contributed by atoms with Crippen molar-refractivity contribution in [2.75, 3.05) is 4.90 Å². The summed E-state index contributed by atoms with van der Waals surface area (Å²) in [5.74, 6) is 0.900. The van der Waals surface area contributed by atoms with E-state index in [1.54, 1.807) is 0 Å². The molecule has 0 aliphatic rings. The van der Waals surface area contributed by atoms with Gasteiger partial charge in [-0.25, -0.2) is 0 Å². The van der Waals surface area contributed by atoms with Gasteiger partial charge in [-0.2, -0.15) is 0 Å². The van der Waals surface area contributed by atoms with Crippen molar-refractivity contribution in [3.63, 3.8) is 0 Å². The zero-order valence-corrected chi connectivity index (χ0v) is 28.3. The topological polar surface area (TPSA) is 16.4 Å². The Morgan fingerprint density at radius 1 is 0.373 bits per heavy atom. The van der Waals surface area contributed by atoms with E-state index in [-0.39, 0.29) is 0 Å². The van der Waals surface area contributed by atoms with Crippen molar-refractivity contribution in [1.82, 2.24) is 0 Å². The second-order valence-electron chi connectivity index (χ2n) is 13.0. The molecule has 0 atom stereocenters. The van der Waals surface area contributed by atoms with Crippen LogP contribution in [0.2, 0.25) is 0 Å². The molecule has 9 rings (SSSR count). The Kier molecular flexibility index (Phi) is 7.75. The molecule has 9 aromatic rings. The van der Waals surface area contributed by atoms with Gasteiger partial charge >= 0.3 is 0 Å². The molecule has 2 nitrogen and oxygen atoms in total. The normalized spacial score (nSPS) is 11.2. The molecule has 0 radical (unpaired) electrons. The van der Waals surface area contributed by atoms with Gasteiger partial charge in [0, 0.05) is 33.6 Å². The van der Waals surface area contributed by atoms with E-state index in [4.69, 9.17) is 4.42 Å². The second kappa shape index (κ2) is 13.0. The first-order valence-electron chi connectivity index (χ1n) is 17.4. The third kappa shape index (κ3) is 5.67. The quantitative estimate of drug-likeness (QED) is 0.170. The molecule has 8 aromatic carbocycles. The monoisotopic (exact) mass is 653 g/mol. The first-order valence-corrected chi connectivity index (χ1v) is 17.4. The number of fused-ring (bicyclic) bond motifs is 2. The fourth-order valence-electron chi connectivity index (χ4n) is 7.34. The molecule has 0 aliphatic carbocycles. The first kappa shape index (κ1) is 30.4. The predicted molar refractivity (Wildman–Crippen MR) is 215 cm³/mol. The highest BCUT2D eigenvalue weighted by molar-refractivity contribution is 5.97. The number of nitrogens with zero attached hydrogens (tertiary/aromatic N) is 1. The molecule has 1 heterocycles. The minimum atomic E-state index is 0.900. The maximum atomic E-state index is 6.42. The van der Waals surface area contributed by atoms with Crippen molar-refractivity contribution >= 4 is 38.8 Å². The molecule has 2 heteroatoms. The van der Waals surface area contributed by atoms with Crippen LogP contribution in [-0.4, -0.2) is 0 Å². The van der Waals surface area contributed by atoms with Crippen LogP contribution in [0.3, 0.4) is 0 Å². The Balaban J connectivity index is 1.15. The second-order valence-corrected chi connectivity index (χ2v) is 13.0. The molecule has 0 bridgehead atoms. The average Bonchev–Trinajstić information content (AvgIpc) is 3.55. The standard InChI is InChI=1S/C49H35NO/c1-34-43-19-9-10-24-48(43)51-49(34)39-17-11-18-42(33-39)50(41-31-27-38(28-32-41)47-23-12-16-36-15-5-6-20-45(36)47)40-29-25-37(26-30-40)46-22-8-7-21-44(46)35-13-3-2-4-14-35/h2-33H,1H3. The van der Waals surface area contributed by atoms with E-state index in [1.165, 1.54) is 44.2 Å². The largest absolute Gasteiger partial charge is 0.456 e. The molecular weight excluding hydrogens is 619 g/mol. The zero-order valence-electron chi connectivity index (χ0n) is 28.3. The van der Waals surface area contributed by atoms with Crippen LogP contribution < -0.4 is 4.90 Å². The van der Waals surface area contributed by atoms with Gasteiger partial charge in [-0.3, -0.25) is 0 Å². The summed E-state index contributed by atoms with van der Waals surface area (Å²) < 4.78 is 6.42. The molecule has 0 spiro atoms. The van der Waals surface area contributed by atoms with Gasteiger partial charge < -0.3 is 9.32 Å². The molecule has 0 unspecified atom stereocenters. The number of aryl methyl sites for hydroxylation is 1. The van der Waals surface area contributed by atoms with Crippen LogP contribution in [0, 0.1) is 6.92 Å². The van der Waals surface area contributed by atoms with E-state index in [2.05, 4.69) is 194 Å². The zero-order chi connectivity index (χ0) is 34.1. The average molecular weight is 654 g/mol. The van der Waals surface area contributed by atoms with Crippen molar-refractivity contribution in [3.05, 3.63) is 200 Å². The number of benzene rings is 8. The molecule has 0 N–H and O–H groups in total. The highest BCUT2D eigenvalue weighted by Crippen LogP contribution is 2.41. The van der Waals surface area contributed by atoms with Crippen LogP contribution >= 0.6 is 0 Å². The van der Waals surface area contributed by atoms with Crippen molar-refractivity contribution in [1.29, 1.82) is 0 Å². The molecule has 0 fully saturated rings. The van der Waals surface area contributed by atoms with E-state index in [9.17, 15) is 0 Å². The minimum absolute atomic E-state index is 0.900. The number of furan rings is 1. The van der Waals surface area contributed by atoms with Crippen LogP contribution in [-0.2, 0) is 0 Å². The predicted octanol–water partition coefficient (Wildman–Crippen LogP) is 14.0. The molecule has 242 valence electrons. The third-order valence-electron chi connectivity index (χ3n) is 9.88. The van der Waals surface area contributed by atoms with E-state index in [1.807, 2.05) is 12.1 Å².